The van der Waals surface area contributed by atoms with Crippen LogP contribution in [0.25, 0.3) is 31.7 Å². The summed E-state index contributed by atoms with van der Waals surface area (Å²) in [7, 11) is 0. The van der Waals surface area contributed by atoms with Crippen molar-refractivity contribution in [3.05, 3.63) is 76.0 Å². The number of nitrogens with one attached hydrogen (secondary N) is 1. The summed E-state index contributed by atoms with van der Waals surface area (Å²) < 4.78 is 0.974. The van der Waals surface area contributed by atoms with Gasteiger partial charge in [0.1, 0.15) is 16.2 Å². The summed E-state index contributed by atoms with van der Waals surface area (Å²) in [6.45, 7) is 0. The Balaban J connectivity index is 1.34. The van der Waals surface area contributed by atoms with E-state index in [-0.39, 0.29) is 11.7 Å². The molecule has 0 saturated heterocycles. The lowest BCUT2D eigenvalue weighted by atomic mass is 10.0. The van der Waals surface area contributed by atoms with Crippen molar-refractivity contribution in [2.45, 2.75) is 24.3 Å². The lowest BCUT2D eigenvalue weighted by molar-refractivity contribution is -0.113. The number of amides is 1. The topological polar surface area (TPSA) is 67.8 Å². The number of hydrogen-bond acceptors (Lipinski definition) is 6. The van der Waals surface area contributed by atoms with Gasteiger partial charge in [-0.3, -0.25) is 4.79 Å². The summed E-state index contributed by atoms with van der Waals surface area (Å²) in [5.74, 6) is 0.0631. The van der Waals surface area contributed by atoms with Gasteiger partial charge in [-0.05, 0) is 48.6 Å². The highest BCUT2D eigenvalue weighted by atomic mass is 35.5. The summed E-state index contributed by atoms with van der Waals surface area (Å²) in [6.07, 6.45) is 4.76. The van der Waals surface area contributed by atoms with Crippen molar-refractivity contribution < 1.29 is 4.79 Å². The van der Waals surface area contributed by atoms with E-state index in [1.54, 1.807) is 35.9 Å². The minimum absolute atomic E-state index is 0.147. The quantitative estimate of drug-likeness (QED) is 0.187. The predicted octanol–water partition coefficient (Wildman–Crippen LogP) is 7.43. The van der Waals surface area contributed by atoms with Crippen molar-refractivity contribution in [2.24, 2.45) is 0 Å². The maximum Gasteiger partial charge on any atom is 0.234 e. The number of fused-ring (bicyclic) bond motifs is 5. The van der Waals surface area contributed by atoms with Crippen LogP contribution in [0.15, 0.2) is 59.9 Å². The number of carbonyl (C=O) groups excluding carboxylic acids is 1. The normalized spacial score (nSPS) is 12.9. The van der Waals surface area contributed by atoms with E-state index < -0.39 is 0 Å². The Kier molecular flexibility index (Phi) is 6.10. The van der Waals surface area contributed by atoms with Crippen molar-refractivity contribution in [3.8, 4) is 11.3 Å². The second kappa shape index (κ2) is 9.39. The van der Waals surface area contributed by atoms with Gasteiger partial charge >= 0.3 is 0 Å². The second-order valence-corrected chi connectivity index (χ2v) is 11.0. The maximum absolute atomic E-state index is 12.6. The molecule has 5 nitrogen and oxygen atoms in total. The minimum atomic E-state index is -0.147. The Morgan fingerprint density at radius 2 is 1.86 bits per heavy atom. The van der Waals surface area contributed by atoms with Crippen LogP contribution < -0.4 is 5.32 Å². The van der Waals surface area contributed by atoms with Crippen LogP contribution in [0.5, 0.6) is 0 Å². The van der Waals surface area contributed by atoms with Crippen LogP contribution in [-0.4, -0.2) is 26.6 Å². The number of nitrogens with zero attached hydrogens (tertiary/aromatic N) is 3. The van der Waals surface area contributed by atoms with Crippen molar-refractivity contribution in [1.29, 1.82) is 0 Å². The fourth-order valence-electron chi connectivity index (χ4n) is 4.52. The third-order valence-electron chi connectivity index (χ3n) is 6.03. The van der Waals surface area contributed by atoms with Crippen LogP contribution in [0.1, 0.15) is 17.5 Å². The molecule has 1 aliphatic rings. The number of rotatable bonds is 5. The Bertz CT molecular complexity index is 1600. The van der Waals surface area contributed by atoms with E-state index in [2.05, 4.69) is 39.6 Å². The smallest absolute Gasteiger partial charge is 0.234 e. The molecule has 1 amide bonds. The predicted molar refractivity (Wildman–Crippen MR) is 146 cm³/mol. The van der Waals surface area contributed by atoms with E-state index >= 15 is 0 Å². The molecule has 35 heavy (non-hydrogen) atoms. The van der Waals surface area contributed by atoms with Crippen LogP contribution in [-0.2, 0) is 17.6 Å². The summed E-state index contributed by atoms with van der Waals surface area (Å²) >= 11 is 15.0. The number of halogens is 2. The largest absolute Gasteiger partial charge is 0.325 e. The van der Waals surface area contributed by atoms with Crippen molar-refractivity contribution >= 4 is 78.3 Å². The molecular formula is C26H18Cl2N4OS2. The number of carbonyl (C=O) groups is 1. The average Bonchev–Trinajstić information content (AvgIpc) is 3.50. The summed E-state index contributed by atoms with van der Waals surface area (Å²) in [4.78, 5) is 27.8. The maximum atomic E-state index is 12.6. The van der Waals surface area contributed by atoms with E-state index in [1.807, 2.05) is 6.07 Å². The lowest BCUT2D eigenvalue weighted by Crippen LogP contribution is -2.14. The van der Waals surface area contributed by atoms with Gasteiger partial charge in [0.05, 0.1) is 31.7 Å². The van der Waals surface area contributed by atoms with Gasteiger partial charge in [-0.2, -0.15) is 0 Å². The van der Waals surface area contributed by atoms with Crippen LogP contribution >= 0.6 is 46.3 Å². The zero-order chi connectivity index (χ0) is 23.9. The van der Waals surface area contributed by atoms with Gasteiger partial charge in [-0.15, -0.1) is 11.3 Å². The number of pyridine rings is 1. The fraction of sp³-hybridized carbons (Fsp3) is 0.154. The minimum Gasteiger partial charge on any atom is -0.325 e. The molecule has 3 heterocycles. The Morgan fingerprint density at radius 1 is 1.03 bits per heavy atom. The molecule has 6 rings (SSSR count). The number of hydrogen-bond donors (Lipinski definition) is 1. The first kappa shape index (κ1) is 22.7. The first-order chi connectivity index (χ1) is 17.1. The standard InChI is InChI=1S/C26H18Cl2N4OS2/c27-18-10-9-15(11-19(18)28)31-20(33)12-34-26-24-23(29-13-30-26)21-16-7-4-8-17(16)22(32-25(21)35-24)14-5-2-1-3-6-14/h1-3,5-6,9-11,13H,4,7-8,12H2,(H,31,33). The molecule has 0 spiro atoms. The van der Waals surface area contributed by atoms with Crippen molar-refractivity contribution in [2.75, 3.05) is 11.1 Å². The van der Waals surface area contributed by atoms with E-state index in [1.165, 1.54) is 22.9 Å². The summed E-state index contributed by atoms with van der Waals surface area (Å²) in [5.41, 5.74) is 6.43. The molecule has 0 atom stereocenters. The molecule has 2 aromatic carbocycles. The zero-order valence-corrected chi connectivity index (χ0v) is 21.5. The highest BCUT2D eigenvalue weighted by molar-refractivity contribution is 8.00. The number of thioether (sulfide) groups is 1. The SMILES string of the molecule is O=C(CSc1ncnc2c1sc1nc(-c3ccccc3)c3c(c12)CCC3)Nc1ccc(Cl)c(Cl)c1. The number of anilines is 1. The Morgan fingerprint density at radius 3 is 2.69 bits per heavy atom. The third kappa shape index (κ3) is 4.27. The first-order valence-electron chi connectivity index (χ1n) is 11.1. The molecule has 0 radical (unpaired) electrons. The molecule has 0 saturated carbocycles. The molecule has 174 valence electrons. The number of benzene rings is 2. The molecular weight excluding hydrogens is 519 g/mol. The fourth-order valence-corrected chi connectivity index (χ4v) is 6.85. The van der Waals surface area contributed by atoms with Gasteiger partial charge in [0.25, 0.3) is 0 Å². The Hall–Kier alpha value is -2.71. The van der Waals surface area contributed by atoms with Crippen LogP contribution in [0, 0.1) is 0 Å². The first-order valence-corrected chi connectivity index (χ1v) is 13.7. The number of aryl methyl sites for hydroxylation is 1. The highest BCUT2D eigenvalue weighted by Gasteiger charge is 2.25. The number of aromatic nitrogens is 3. The third-order valence-corrected chi connectivity index (χ3v) is 8.97. The second-order valence-electron chi connectivity index (χ2n) is 8.24. The van der Waals surface area contributed by atoms with Gasteiger partial charge in [-0.1, -0.05) is 65.3 Å². The van der Waals surface area contributed by atoms with Crippen molar-refractivity contribution in [3.63, 3.8) is 0 Å². The van der Waals surface area contributed by atoms with Crippen LogP contribution in [0.3, 0.4) is 0 Å². The van der Waals surface area contributed by atoms with Gasteiger partial charge in [0.15, 0.2) is 0 Å². The van der Waals surface area contributed by atoms with Crippen molar-refractivity contribution in [1.82, 2.24) is 15.0 Å². The molecule has 9 heteroatoms. The monoisotopic (exact) mass is 536 g/mol. The molecule has 1 N–H and O–H groups in total. The van der Waals surface area contributed by atoms with Gasteiger partial charge in [0.2, 0.25) is 5.91 Å². The molecule has 3 aromatic heterocycles. The highest BCUT2D eigenvalue weighted by Crippen LogP contribution is 2.43. The van der Waals surface area contributed by atoms with E-state index in [4.69, 9.17) is 28.2 Å². The lowest BCUT2D eigenvalue weighted by Gasteiger charge is -2.09. The molecule has 0 aliphatic heterocycles. The van der Waals surface area contributed by atoms with E-state index in [0.717, 1.165) is 56.0 Å². The Labute approximate surface area is 219 Å². The number of thiophene rings is 1. The van der Waals surface area contributed by atoms with Crippen LogP contribution in [0.4, 0.5) is 5.69 Å². The molecule has 0 bridgehead atoms. The summed E-state index contributed by atoms with van der Waals surface area (Å²) in [5, 5.41) is 5.63. The molecule has 0 unspecified atom stereocenters. The van der Waals surface area contributed by atoms with E-state index in [9.17, 15) is 4.79 Å². The molecule has 0 fully saturated rings. The summed E-state index contributed by atoms with van der Waals surface area (Å²) in [6, 6.07) is 15.4. The molecule has 5 aromatic rings. The zero-order valence-electron chi connectivity index (χ0n) is 18.3. The molecule has 1 aliphatic carbocycles. The average molecular weight is 537 g/mol. The van der Waals surface area contributed by atoms with Crippen LogP contribution in [0.2, 0.25) is 10.0 Å². The van der Waals surface area contributed by atoms with Gasteiger partial charge in [-0.25, -0.2) is 15.0 Å². The van der Waals surface area contributed by atoms with Gasteiger partial charge in [0, 0.05) is 16.6 Å². The van der Waals surface area contributed by atoms with Gasteiger partial charge < -0.3 is 5.32 Å². The van der Waals surface area contributed by atoms with E-state index in [0.29, 0.717) is 15.7 Å².